The minimum absolute atomic E-state index is 0.171. The highest BCUT2D eigenvalue weighted by Gasteiger charge is 2.43. The third-order valence-electron chi connectivity index (χ3n) is 5.63. The summed E-state index contributed by atoms with van der Waals surface area (Å²) < 4.78 is 18.1. The molecule has 2 heterocycles. The molecule has 0 bridgehead atoms. The predicted octanol–water partition coefficient (Wildman–Crippen LogP) is 3.46. The van der Waals surface area contributed by atoms with Crippen LogP contribution in [0.2, 0.25) is 0 Å². The third-order valence-corrected chi connectivity index (χ3v) is 5.63. The zero-order chi connectivity index (χ0) is 16.2. The van der Waals surface area contributed by atoms with Crippen molar-refractivity contribution in [2.45, 2.75) is 76.5 Å². The minimum Gasteiger partial charge on any atom is -0.492 e. The highest BCUT2D eigenvalue weighted by atomic mass is 16.5. The number of benzene rings is 1. The molecule has 0 spiro atoms. The van der Waals surface area contributed by atoms with Gasteiger partial charge in [0.15, 0.2) is 11.5 Å². The van der Waals surface area contributed by atoms with Crippen LogP contribution in [0.15, 0.2) is 0 Å². The van der Waals surface area contributed by atoms with E-state index < -0.39 is 0 Å². The number of ether oxygens (including phenoxy) is 3. The molecule has 4 heteroatoms. The van der Waals surface area contributed by atoms with Crippen molar-refractivity contribution in [2.24, 2.45) is 5.73 Å². The van der Waals surface area contributed by atoms with Gasteiger partial charge in [0.2, 0.25) is 0 Å². The fourth-order valence-electron chi connectivity index (χ4n) is 4.65. The highest BCUT2D eigenvalue weighted by Crippen LogP contribution is 2.55. The van der Waals surface area contributed by atoms with Gasteiger partial charge in [-0.25, -0.2) is 0 Å². The van der Waals surface area contributed by atoms with Gasteiger partial charge in [-0.2, -0.15) is 0 Å². The van der Waals surface area contributed by atoms with Crippen LogP contribution in [0.5, 0.6) is 17.2 Å². The highest BCUT2D eigenvalue weighted by molar-refractivity contribution is 5.67. The summed E-state index contributed by atoms with van der Waals surface area (Å²) in [4.78, 5) is 0. The molecule has 1 aliphatic carbocycles. The van der Waals surface area contributed by atoms with Gasteiger partial charge in [-0.1, -0.05) is 19.3 Å². The first-order valence-electron chi connectivity index (χ1n) is 8.92. The lowest BCUT2D eigenvalue weighted by molar-refractivity contribution is 0.236. The number of hydrogen-bond donors (Lipinski definition) is 1. The van der Waals surface area contributed by atoms with E-state index in [1.165, 1.54) is 30.4 Å². The standard InChI is InChI=1S/C19H27NO3/c1-11-9-13-15(19(20)7-5-4-6-8-19)16-14(10-12(2)22-16)17(21-3)18(13)23-11/h11-12H,4-10,20H2,1-3H3. The molecule has 4 nitrogen and oxygen atoms in total. The Morgan fingerprint density at radius 3 is 2.22 bits per heavy atom. The topological polar surface area (TPSA) is 53.7 Å². The second-order valence-corrected chi connectivity index (χ2v) is 7.51. The molecule has 1 saturated carbocycles. The minimum atomic E-state index is -0.282. The molecule has 126 valence electrons. The fraction of sp³-hybridized carbons (Fsp3) is 0.684. The van der Waals surface area contributed by atoms with Crippen LogP contribution in [0.1, 0.15) is 62.6 Å². The molecule has 0 saturated heterocycles. The Morgan fingerprint density at radius 2 is 1.57 bits per heavy atom. The van der Waals surface area contributed by atoms with Crippen LogP contribution in [0, 0.1) is 0 Å². The van der Waals surface area contributed by atoms with Crippen molar-refractivity contribution in [3.05, 3.63) is 16.7 Å². The Bertz CT molecular complexity index is 595. The van der Waals surface area contributed by atoms with Crippen molar-refractivity contribution in [2.75, 3.05) is 7.11 Å². The average molecular weight is 317 g/mol. The van der Waals surface area contributed by atoms with Gasteiger partial charge in [-0.3, -0.25) is 0 Å². The van der Waals surface area contributed by atoms with E-state index in [1.54, 1.807) is 7.11 Å². The molecule has 1 aromatic rings. The van der Waals surface area contributed by atoms with Gasteiger partial charge < -0.3 is 19.9 Å². The fourth-order valence-corrected chi connectivity index (χ4v) is 4.65. The van der Waals surface area contributed by atoms with E-state index in [4.69, 9.17) is 19.9 Å². The molecule has 2 unspecified atom stereocenters. The zero-order valence-corrected chi connectivity index (χ0v) is 14.4. The molecule has 1 fully saturated rings. The Hall–Kier alpha value is -1.42. The summed E-state index contributed by atoms with van der Waals surface area (Å²) in [6.07, 6.45) is 7.83. The third kappa shape index (κ3) is 2.22. The van der Waals surface area contributed by atoms with E-state index >= 15 is 0 Å². The predicted molar refractivity (Wildman–Crippen MR) is 89.5 cm³/mol. The van der Waals surface area contributed by atoms with Gasteiger partial charge in [0, 0.05) is 35.1 Å². The molecule has 23 heavy (non-hydrogen) atoms. The molecule has 2 N–H and O–H groups in total. The van der Waals surface area contributed by atoms with E-state index in [0.717, 1.165) is 48.5 Å². The van der Waals surface area contributed by atoms with Crippen molar-refractivity contribution in [1.82, 2.24) is 0 Å². The summed E-state index contributed by atoms with van der Waals surface area (Å²) in [5, 5.41) is 0. The van der Waals surface area contributed by atoms with Gasteiger partial charge in [0.1, 0.15) is 18.0 Å². The smallest absolute Gasteiger partial charge is 0.168 e. The summed E-state index contributed by atoms with van der Waals surface area (Å²) in [5.74, 6) is 2.78. The Labute approximate surface area is 138 Å². The van der Waals surface area contributed by atoms with E-state index in [0.29, 0.717) is 0 Å². The maximum Gasteiger partial charge on any atom is 0.168 e. The number of methoxy groups -OCH3 is 1. The van der Waals surface area contributed by atoms with Gasteiger partial charge in [0.05, 0.1) is 7.11 Å². The van der Waals surface area contributed by atoms with Gasteiger partial charge in [-0.05, 0) is 26.7 Å². The van der Waals surface area contributed by atoms with Crippen LogP contribution in [0.3, 0.4) is 0 Å². The summed E-state index contributed by atoms with van der Waals surface area (Å²) in [5.41, 5.74) is 10.2. The summed E-state index contributed by atoms with van der Waals surface area (Å²) >= 11 is 0. The lowest BCUT2D eigenvalue weighted by Crippen LogP contribution is -2.40. The molecule has 0 amide bonds. The van der Waals surface area contributed by atoms with Crippen LogP contribution in [0.4, 0.5) is 0 Å². The molecule has 0 aromatic heterocycles. The molecule has 1 aromatic carbocycles. The summed E-state index contributed by atoms with van der Waals surface area (Å²) in [7, 11) is 1.73. The molecule has 2 atom stereocenters. The molecular formula is C19H27NO3. The first-order chi connectivity index (χ1) is 11.0. The Morgan fingerprint density at radius 1 is 0.957 bits per heavy atom. The number of fused-ring (bicyclic) bond motifs is 2. The van der Waals surface area contributed by atoms with Crippen molar-refractivity contribution >= 4 is 0 Å². The second kappa shape index (κ2) is 5.30. The van der Waals surface area contributed by atoms with Crippen LogP contribution in [-0.4, -0.2) is 19.3 Å². The van der Waals surface area contributed by atoms with Crippen molar-refractivity contribution in [3.63, 3.8) is 0 Å². The van der Waals surface area contributed by atoms with Crippen molar-refractivity contribution in [3.8, 4) is 17.2 Å². The monoisotopic (exact) mass is 317 g/mol. The van der Waals surface area contributed by atoms with Gasteiger partial charge in [-0.15, -0.1) is 0 Å². The lowest BCUT2D eigenvalue weighted by Gasteiger charge is -2.36. The SMILES string of the molecule is COc1c2c(c(C3(N)CCCCC3)c3c1OC(C)C3)OC(C)C2. The summed E-state index contributed by atoms with van der Waals surface area (Å²) in [6, 6.07) is 0. The van der Waals surface area contributed by atoms with Crippen LogP contribution >= 0.6 is 0 Å². The lowest BCUT2D eigenvalue weighted by atomic mass is 9.74. The molecule has 3 aliphatic rings. The molecule has 2 aliphatic heterocycles. The quantitative estimate of drug-likeness (QED) is 0.907. The van der Waals surface area contributed by atoms with E-state index in [9.17, 15) is 0 Å². The number of rotatable bonds is 2. The van der Waals surface area contributed by atoms with Crippen LogP contribution < -0.4 is 19.9 Å². The largest absolute Gasteiger partial charge is 0.492 e. The van der Waals surface area contributed by atoms with Crippen molar-refractivity contribution in [1.29, 1.82) is 0 Å². The number of nitrogens with two attached hydrogens (primary N) is 1. The number of hydrogen-bond acceptors (Lipinski definition) is 4. The zero-order valence-electron chi connectivity index (χ0n) is 14.4. The van der Waals surface area contributed by atoms with E-state index in [2.05, 4.69) is 13.8 Å². The van der Waals surface area contributed by atoms with Crippen LogP contribution in [-0.2, 0) is 18.4 Å². The second-order valence-electron chi connectivity index (χ2n) is 7.51. The molecular weight excluding hydrogens is 290 g/mol. The van der Waals surface area contributed by atoms with E-state index in [-0.39, 0.29) is 17.7 Å². The first-order valence-corrected chi connectivity index (χ1v) is 8.92. The Balaban J connectivity index is 1.95. The van der Waals surface area contributed by atoms with Crippen molar-refractivity contribution < 1.29 is 14.2 Å². The van der Waals surface area contributed by atoms with Crippen LogP contribution in [0.25, 0.3) is 0 Å². The Kier molecular flexibility index (Phi) is 3.49. The van der Waals surface area contributed by atoms with Gasteiger partial charge >= 0.3 is 0 Å². The molecule has 0 radical (unpaired) electrons. The average Bonchev–Trinajstić information content (AvgIpc) is 3.06. The summed E-state index contributed by atoms with van der Waals surface area (Å²) in [6.45, 7) is 4.23. The molecule has 4 rings (SSSR count). The van der Waals surface area contributed by atoms with Gasteiger partial charge in [0.25, 0.3) is 0 Å². The first kappa shape index (κ1) is 15.1. The van der Waals surface area contributed by atoms with E-state index in [1.807, 2.05) is 0 Å². The maximum absolute atomic E-state index is 6.93. The normalized spacial score (nSPS) is 27.8. The maximum atomic E-state index is 6.93.